The lowest BCUT2D eigenvalue weighted by Gasteiger charge is -2.12. The van der Waals surface area contributed by atoms with Crippen LogP contribution in [-0.2, 0) is 14.3 Å². The quantitative estimate of drug-likeness (QED) is 0.711. The van der Waals surface area contributed by atoms with Crippen LogP contribution in [0, 0.1) is 0 Å². The molecule has 0 amide bonds. The molecule has 2 unspecified atom stereocenters. The molecule has 0 N–H and O–H groups in total. The van der Waals surface area contributed by atoms with Crippen molar-refractivity contribution in [1.29, 1.82) is 0 Å². The maximum atomic E-state index is 11.7. The Balaban J connectivity index is 1.95. The van der Waals surface area contributed by atoms with Gasteiger partial charge in [0.25, 0.3) is 0 Å². The van der Waals surface area contributed by atoms with Crippen LogP contribution in [0.4, 0.5) is 0 Å². The number of fused-ring (bicyclic) bond motifs is 5. The van der Waals surface area contributed by atoms with Gasteiger partial charge in [-0.3, -0.25) is 0 Å². The number of hydrogen-bond acceptors (Lipinski definition) is 3. The topological polar surface area (TPSA) is 35.5 Å². The van der Waals surface area contributed by atoms with E-state index in [2.05, 4.69) is 0 Å². The summed E-state index contributed by atoms with van der Waals surface area (Å²) in [5.41, 5.74) is 2.91. The zero-order valence-corrected chi connectivity index (χ0v) is 8.97. The van der Waals surface area contributed by atoms with Gasteiger partial charge in [-0.2, -0.15) is 0 Å². The molecule has 0 aromatic heterocycles. The van der Waals surface area contributed by atoms with Crippen molar-refractivity contribution < 1.29 is 14.3 Å². The first-order valence-electron chi connectivity index (χ1n) is 5.44. The van der Waals surface area contributed by atoms with E-state index in [0.29, 0.717) is 12.2 Å². The maximum absolute atomic E-state index is 11.7. The average Bonchev–Trinajstić information content (AvgIpc) is 2.88. The van der Waals surface area contributed by atoms with Gasteiger partial charge in [-0.15, -0.1) is 0 Å². The molecule has 2 atom stereocenters. The largest absolute Gasteiger partial charge is 0.463 e. The minimum atomic E-state index is -0.260. The fourth-order valence-corrected chi connectivity index (χ4v) is 2.31. The molecule has 2 heterocycles. The molecule has 3 nitrogen and oxygen atoms in total. The zero-order chi connectivity index (χ0) is 11.1. The molecule has 0 fully saturated rings. The third-order valence-electron chi connectivity index (χ3n) is 2.99. The summed E-state index contributed by atoms with van der Waals surface area (Å²) >= 11 is 0. The molecule has 2 aliphatic heterocycles. The second-order valence-electron chi connectivity index (χ2n) is 3.91. The lowest BCUT2D eigenvalue weighted by atomic mass is 9.92. The minimum absolute atomic E-state index is 0.0689. The van der Waals surface area contributed by atoms with Crippen molar-refractivity contribution in [3.05, 3.63) is 47.0 Å². The zero-order valence-electron chi connectivity index (χ0n) is 8.97. The van der Waals surface area contributed by atoms with Crippen LogP contribution >= 0.6 is 0 Å². The van der Waals surface area contributed by atoms with Gasteiger partial charge >= 0.3 is 5.97 Å². The number of benzene rings is 1. The Morgan fingerprint density at radius 3 is 2.88 bits per heavy atom. The highest BCUT2D eigenvalue weighted by molar-refractivity contribution is 5.91. The maximum Gasteiger partial charge on any atom is 0.336 e. The number of esters is 1. The number of carbonyl (C=O) groups is 1. The van der Waals surface area contributed by atoms with Crippen molar-refractivity contribution in [2.24, 2.45) is 0 Å². The van der Waals surface area contributed by atoms with Gasteiger partial charge in [0.05, 0.1) is 12.2 Å². The summed E-state index contributed by atoms with van der Waals surface area (Å²) in [5.74, 6) is -0.260. The van der Waals surface area contributed by atoms with Crippen LogP contribution < -0.4 is 0 Å². The number of rotatable bonds is 2. The monoisotopic (exact) mass is 216 g/mol. The summed E-state index contributed by atoms with van der Waals surface area (Å²) in [5, 5.41) is 0. The molecular weight excluding hydrogens is 204 g/mol. The van der Waals surface area contributed by atoms with Crippen LogP contribution in [0.5, 0.6) is 0 Å². The standard InChI is InChI=1S/C13H12O3/c1-2-15-13(14)10-7-11-8-5-3-4-6-9(8)12(10)16-11/h3-7,11-12H,2H2,1H3. The Hall–Kier alpha value is -1.61. The molecule has 1 aromatic carbocycles. The first-order chi connectivity index (χ1) is 7.81. The van der Waals surface area contributed by atoms with Crippen LogP contribution in [-0.4, -0.2) is 12.6 Å². The van der Waals surface area contributed by atoms with Crippen LogP contribution in [0.15, 0.2) is 35.9 Å². The molecule has 0 aliphatic carbocycles. The van der Waals surface area contributed by atoms with E-state index in [-0.39, 0.29) is 18.2 Å². The summed E-state index contributed by atoms with van der Waals surface area (Å²) in [6.07, 6.45) is 1.58. The van der Waals surface area contributed by atoms with E-state index >= 15 is 0 Å². The number of hydrogen-bond donors (Lipinski definition) is 0. The van der Waals surface area contributed by atoms with E-state index in [1.54, 1.807) is 6.92 Å². The van der Waals surface area contributed by atoms with Gasteiger partial charge in [0.1, 0.15) is 12.2 Å². The van der Waals surface area contributed by atoms with E-state index in [9.17, 15) is 4.79 Å². The van der Waals surface area contributed by atoms with Gasteiger partial charge in [0, 0.05) is 0 Å². The molecule has 0 spiro atoms. The highest BCUT2D eigenvalue weighted by atomic mass is 16.5. The van der Waals surface area contributed by atoms with Crippen molar-refractivity contribution in [2.75, 3.05) is 6.61 Å². The van der Waals surface area contributed by atoms with Crippen molar-refractivity contribution in [3.8, 4) is 0 Å². The van der Waals surface area contributed by atoms with E-state index in [0.717, 1.165) is 5.56 Å². The van der Waals surface area contributed by atoms with Crippen LogP contribution in [0.3, 0.4) is 0 Å². The Morgan fingerprint density at radius 2 is 2.12 bits per heavy atom. The predicted molar refractivity (Wildman–Crippen MR) is 57.7 cm³/mol. The van der Waals surface area contributed by atoms with Crippen LogP contribution in [0.2, 0.25) is 0 Å². The highest BCUT2D eigenvalue weighted by Crippen LogP contribution is 2.49. The van der Waals surface area contributed by atoms with Gasteiger partial charge in [0.2, 0.25) is 0 Å². The van der Waals surface area contributed by atoms with E-state index in [4.69, 9.17) is 9.47 Å². The van der Waals surface area contributed by atoms with Crippen LogP contribution in [0.1, 0.15) is 30.3 Å². The molecular formula is C13H12O3. The second-order valence-corrected chi connectivity index (χ2v) is 3.91. The summed E-state index contributed by atoms with van der Waals surface area (Å²) < 4.78 is 10.7. The number of carbonyl (C=O) groups excluding carboxylic acids is 1. The Bertz CT molecular complexity index is 476. The molecule has 2 bridgehead atoms. The predicted octanol–water partition coefficient (Wildman–Crippen LogP) is 2.30. The first-order valence-corrected chi connectivity index (χ1v) is 5.44. The molecule has 82 valence electrons. The molecule has 16 heavy (non-hydrogen) atoms. The van der Waals surface area contributed by atoms with Gasteiger partial charge < -0.3 is 9.47 Å². The molecule has 2 aliphatic rings. The van der Waals surface area contributed by atoms with Crippen molar-refractivity contribution in [1.82, 2.24) is 0 Å². The minimum Gasteiger partial charge on any atom is -0.463 e. The lowest BCUT2D eigenvalue weighted by molar-refractivity contribution is -0.139. The van der Waals surface area contributed by atoms with Gasteiger partial charge in [0.15, 0.2) is 0 Å². The van der Waals surface area contributed by atoms with Gasteiger partial charge in [-0.05, 0) is 24.1 Å². The molecule has 3 rings (SSSR count). The Labute approximate surface area is 93.7 Å². The van der Waals surface area contributed by atoms with E-state index in [1.165, 1.54) is 5.56 Å². The molecule has 0 radical (unpaired) electrons. The SMILES string of the molecule is CCOC(=O)C1=CC2OC1c1ccccc12. The normalized spacial score (nSPS) is 25.2. The lowest BCUT2D eigenvalue weighted by Crippen LogP contribution is -2.13. The average molecular weight is 216 g/mol. The fraction of sp³-hybridized carbons (Fsp3) is 0.308. The Morgan fingerprint density at radius 1 is 1.38 bits per heavy atom. The Kier molecular flexibility index (Phi) is 2.07. The second kappa shape index (κ2) is 3.46. The molecule has 0 saturated heterocycles. The summed E-state index contributed by atoms with van der Waals surface area (Å²) in [6, 6.07) is 8.00. The fourth-order valence-electron chi connectivity index (χ4n) is 2.31. The number of ether oxygens (including phenoxy) is 2. The van der Waals surface area contributed by atoms with Crippen molar-refractivity contribution >= 4 is 5.97 Å². The molecule has 3 heteroatoms. The van der Waals surface area contributed by atoms with Crippen LogP contribution in [0.25, 0.3) is 0 Å². The molecule has 0 saturated carbocycles. The highest BCUT2D eigenvalue weighted by Gasteiger charge is 2.41. The smallest absolute Gasteiger partial charge is 0.336 e. The van der Waals surface area contributed by atoms with Crippen molar-refractivity contribution in [3.63, 3.8) is 0 Å². The first kappa shape index (κ1) is 9.60. The third kappa shape index (κ3) is 1.21. The van der Waals surface area contributed by atoms with E-state index in [1.807, 2.05) is 30.3 Å². The summed E-state index contributed by atoms with van der Waals surface area (Å²) in [4.78, 5) is 11.7. The van der Waals surface area contributed by atoms with Crippen molar-refractivity contribution in [2.45, 2.75) is 19.1 Å². The van der Waals surface area contributed by atoms with Gasteiger partial charge in [-0.25, -0.2) is 4.79 Å². The van der Waals surface area contributed by atoms with Gasteiger partial charge in [-0.1, -0.05) is 24.3 Å². The molecule has 1 aromatic rings. The summed E-state index contributed by atoms with van der Waals surface area (Å²) in [7, 11) is 0. The third-order valence-corrected chi connectivity index (χ3v) is 2.99. The van der Waals surface area contributed by atoms with E-state index < -0.39 is 0 Å². The summed E-state index contributed by atoms with van der Waals surface area (Å²) in [6.45, 7) is 2.20.